The minimum absolute atomic E-state index is 0.296. The first-order valence-corrected chi connectivity index (χ1v) is 7.50. The molecule has 134 valence electrons. The van der Waals surface area contributed by atoms with Crippen molar-refractivity contribution in [1.29, 1.82) is 0 Å². The Morgan fingerprint density at radius 3 is 2.50 bits per heavy atom. The fourth-order valence-electron chi connectivity index (χ4n) is 2.57. The van der Waals surface area contributed by atoms with E-state index in [1.54, 1.807) is 20.8 Å². The molecule has 10 heteroatoms. The van der Waals surface area contributed by atoms with Gasteiger partial charge in [0.25, 0.3) is 5.92 Å². The second-order valence-electron chi connectivity index (χ2n) is 6.76. The zero-order valence-electron chi connectivity index (χ0n) is 13.4. The first-order valence-electron chi connectivity index (χ1n) is 7.13. The zero-order valence-corrected chi connectivity index (χ0v) is 14.1. The van der Waals surface area contributed by atoms with Crippen LogP contribution in [-0.4, -0.2) is 49.9 Å². The Bertz CT molecular complexity index is 643. The number of aromatic nitrogens is 2. The zero-order chi connectivity index (χ0) is 18.3. The van der Waals surface area contributed by atoms with E-state index in [1.807, 2.05) is 0 Å². The first kappa shape index (κ1) is 18.6. The highest BCUT2D eigenvalue weighted by Gasteiger charge is 2.62. The average molecular weight is 366 g/mol. The van der Waals surface area contributed by atoms with Crippen LogP contribution in [0.15, 0.2) is 6.20 Å². The van der Waals surface area contributed by atoms with Gasteiger partial charge < -0.3 is 14.9 Å². The number of ether oxygens (including phenoxy) is 1. The summed E-state index contributed by atoms with van der Waals surface area (Å²) in [4.78, 5) is 20.6. The van der Waals surface area contributed by atoms with Crippen LogP contribution < -0.4 is 4.90 Å². The van der Waals surface area contributed by atoms with Gasteiger partial charge in [-0.1, -0.05) is 0 Å². The molecule has 7 nitrogen and oxygen atoms in total. The van der Waals surface area contributed by atoms with Crippen LogP contribution in [0.25, 0.3) is 0 Å². The summed E-state index contributed by atoms with van der Waals surface area (Å²) < 4.78 is 32.1. The number of alkyl halides is 2. The van der Waals surface area contributed by atoms with E-state index in [9.17, 15) is 23.8 Å². The first-order chi connectivity index (χ1) is 10.9. The van der Waals surface area contributed by atoms with Crippen molar-refractivity contribution in [1.82, 2.24) is 9.97 Å². The predicted octanol–water partition coefficient (Wildman–Crippen LogP) is 2.74. The summed E-state index contributed by atoms with van der Waals surface area (Å²) >= 11 is 5.69. The van der Waals surface area contributed by atoms with Gasteiger partial charge in [0, 0.05) is 12.8 Å². The smallest absolute Gasteiger partial charge is 0.416 e. The second-order valence-corrected chi connectivity index (χ2v) is 7.09. The average Bonchev–Trinajstić information content (AvgIpc) is 2.38. The fourth-order valence-corrected chi connectivity index (χ4v) is 2.70. The molecular formula is C14H18ClF2N3O4. The van der Waals surface area contributed by atoms with E-state index in [0.29, 0.717) is 0 Å². The van der Waals surface area contributed by atoms with Crippen molar-refractivity contribution >= 4 is 23.5 Å². The predicted molar refractivity (Wildman–Crippen MR) is 81.4 cm³/mol. The maximum atomic E-state index is 13.5. The SMILES string of the molecule is CC(C)(C)OC(=O)N(c1nc(Cl)ncc1O)C1(CO)CC(F)(F)C1. The van der Waals surface area contributed by atoms with Crippen molar-refractivity contribution in [2.45, 2.75) is 50.7 Å². The van der Waals surface area contributed by atoms with Crippen molar-refractivity contribution in [2.75, 3.05) is 11.5 Å². The standard InChI is InChI=1S/C14H18ClF2N3O4/c1-12(2,3)24-11(23)20(9-8(22)4-18-10(15)19-9)13(7-21)5-14(16,17)6-13/h4,21-22H,5-7H2,1-3H3. The number of hydrogen-bond acceptors (Lipinski definition) is 6. The van der Waals surface area contributed by atoms with Gasteiger partial charge in [-0.25, -0.2) is 23.5 Å². The third-order valence-electron chi connectivity index (χ3n) is 3.45. The van der Waals surface area contributed by atoms with Gasteiger partial charge in [-0.15, -0.1) is 0 Å². The summed E-state index contributed by atoms with van der Waals surface area (Å²) in [6.07, 6.45) is -1.69. The lowest BCUT2D eigenvalue weighted by Crippen LogP contribution is -2.67. The van der Waals surface area contributed by atoms with Crippen LogP contribution in [0.4, 0.5) is 19.4 Å². The Labute approximate surface area is 142 Å². The minimum Gasteiger partial charge on any atom is -0.503 e. The Kier molecular flexibility index (Phi) is 4.62. The van der Waals surface area contributed by atoms with Crippen LogP contribution in [0.3, 0.4) is 0 Å². The molecule has 1 fully saturated rings. The third kappa shape index (κ3) is 3.67. The summed E-state index contributed by atoms with van der Waals surface area (Å²) in [5.74, 6) is -3.99. The van der Waals surface area contributed by atoms with E-state index in [0.717, 1.165) is 11.1 Å². The minimum atomic E-state index is -3.05. The number of amides is 1. The summed E-state index contributed by atoms with van der Waals surface area (Å²) in [7, 11) is 0. The van der Waals surface area contributed by atoms with Crippen LogP contribution in [0.5, 0.6) is 5.75 Å². The van der Waals surface area contributed by atoms with Crippen LogP contribution in [0.2, 0.25) is 5.28 Å². The number of rotatable bonds is 3. The molecule has 0 atom stereocenters. The van der Waals surface area contributed by atoms with Crippen molar-refractivity contribution in [3.05, 3.63) is 11.5 Å². The topological polar surface area (TPSA) is 95.8 Å². The summed E-state index contributed by atoms with van der Waals surface area (Å²) in [6.45, 7) is 4.02. The Hall–Kier alpha value is -1.74. The molecule has 1 aromatic rings. The van der Waals surface area contributed by atoms with Crippen molar-refractivity contribution < 1.29 is 28.5 Å². The number of aliphatic hydroxyl groups is 1. The van der Waals surface area contributed by atoms with Crippen LogP contribution >= 0.6 is 11.6 Å². The molecule has 2 rings (SSSR count). The summed E-state index contributed by atoms with van der Waals surface area (Å²) in [6, 6.07) is 0. The highest BCUT2D eigenvalue weighted by molar-refractivity contribution is 6.28. The number of carbonyl (C=O) groups excluding carboxylic acids is 1. The van der Waals surface area contributed by atoms with E-state index in [1.165, 1.54) is 0 Å². The monoisotopic (exact) mass is 365 g/mol. The molecule has 24 heavy (non-hydrogen) atoms. The molecule has 2 N–H and O–H groups in total. The molecule has 1 aliphatic rings. The number of carbonyl (C=O) groups is 1. The molecule has 0 saturated heterocycles. The number of nitrogens with zero attached hydrogens (tertiary/aromatic N) is 3. The van der Waals surface area contributed by atoms with Crippen molar-refractivity contribution in [2.24, 2.45) is 0 Å². The Balaban J connectivity index is 2.50. The number of aliphatic hydroxyl groups excluding tert-OH is 1. The van der Waals surface area contributed by atoms with Gasteiger partial charge in [0.05, 0.1) is 18.3 Å². The van der Waals surface area contributed by atoms with Gasteiger partial charge in [0.2, 0.25) is 5.28 Å². The molecule has 0 unspecified atom stereocenters. The molecule has 1 aromatic heterocycles. The van der Waals surface area contributed by atoms with Gasteiger partial charge in [-0.05, 0) is 32.4 Å². The molecule has 0 aliphatic heterocycles. The van der Waals surface area contributed by atoms with E-state index in [2.05, 4.69) is 9.97 Å². The van der Waals surface area contributed by atoms with Gasteiger partial charge in [-0.3, -0.25) is 0 Å². The maximum Gasteiger partial charge on any atom is 0.416 e. The molecule has 0 spiro atoms. The molecule has 1 aliphatic carbocycles. The van der Waals surface area contributed by atoms with Crippen molar-refractivity contribution in [3.8, 4) is 5.75 Å². The molecule has 0 aromatic carbocycles. The van der Waals surface area contributed by atoms with Gasteiger partial charge >= 0.3 is 6.09 Å². The number of halogens is 3. The lowest BCUT2D eigenvalue weighted by atomic mass is 9.72. The summed E-state index contributed by atoms with van der Waals surface area (Å²) in [5.41, 5.74) is -2.58. The molecule has 0 bridgehead atoms. The quantitative estimate of drug-likeness (QED) is 0.799. The molecule has 0 radical (unpaired) electrons. The normalized spacial score (nSPS) is 18.6. The number of anilines is 1. The third-order valence-corrected chi connectivity index (χ3v) is 3.63. The Morgan fingerprint density at radius 2 is 2.04 bits per heavy atom. The molecular weight excluding hydrogens is 348 g/mol. The lowest BCUT2D eigenvalue weighted by molar-refractivity contribution is -0.135. The van der Waals surface area contributed by atoms with E-state index in [-0.39, 0.29) is 5.28 Å². The van der Waals surface area contributed by atoms with Gasteiger partial charge in [-0.2, -0.15) is 4.98 Å². The van der Waals surface area contributed by atoms with E-state index >= 15 is 0 Å². The summed E-state index contributed by atoms with van der Waals surface area (Å²) in [5, 5.41) is 19.3. The van der Waals surface area contributed by atoms with Crippen LogP contribution in [0.1, 0.15) is 33.6 Å². The van der Waals surface area contributed by atoms with Gasteiger partial charge in [0.15, 0.2) is 11.6 Å². The van der Waals surface area contributed by atoms with Crippen molar-refractivity contribution in [3.63, 3.8) is 0 Å². The van der Waals surface area contributed by atoms with Crippen LogP contribution in [-0.2, 0) is 4.74 Å². The maximum absolute atomic E-state index is 13.5. The van der Waals surface area contributed by atoms with E-state index in [4.69, 9.17) is 16.3 Å². The highest BCUT2D eigenvalue weighted by Crippen LogP contribution is 2.51. The second kappa shape index (κ2) is 5.96. The molecule has 1 heterocycles. The number of hydrogen-bond donors (Lipinski definition) is 2. The fraction of sp³-hybridized carbons (Fsp3) is 0.643. The van der Waals surface area contributed by atoms with Crippen LogP contribution in [0, 0.1) is 0 Å². The van der Waals surface area contributed by atoms with Gasteiger partial charge in [0.1, 0.15) is 5.60 Å². The molecule has 1 amide bonds. The number of aromatic hydroxyl groups is 1. The Morgan fingerprint density at radius 1 is 1.46 bits per heavy atom. The lowest BCUT2D eigenvalue weighted by Gasteiger charge is -2.51. The largest absolute Gasteiger partial charge is 0.503 e. The molecule has 1 saturated carbocycles. The van der Waals surface area contributed by atoms with E-state index < -0.39 is 54.2 Å². The highest BCUT2D eigenvalue weighted by atomic mass is 35.5.